The Morgan fingerprint density at radius 2 is 2.17 bits per heavy atom. The van der Waals surface area contributed by atoms with Crippen LogP contribution in [0.3, 0.4) is 0 Å². The van der Waals surface area contributed by atoms with Crippen LogP contribution in [-0.4, -0.2) is 39.3 Å². The largest absolute Gasteiger partial charge is 0.395 e. The lowest BCUT2D eigenvalue weighted by molar-refractivity contribution is -0.125. The second-order valence-corrected chi connectivity index (χ2v) is 8.18. The molecule has 158 valence electrons. The van der Waals surface area contributed by atoms with Gasteiger partial charge in [-0.2, -0.15) is 5.10 Å². The molecule has 0 spiro atoms. The third kappa shape index (κ3) is 3.60. The number of carbonyl (C=O) groups excluding carboxylic acids is 1. The smallest absolute Gasteiger partial charge is 0.232 e. The summed E-state index contributed by atoms with van der Waals surface area (Å²) in [5.74, 6) is -0.702. The molecule has 4 rings (SSSR count). The van der Waals surface area contributed by atoms with Crippen LogP contribution in [0.25, 0.3) is 11.0 Å². The standard InChI is InChI=1S/C21H23F2N5O2/c1-21(2,11-29)20(30)25-13-9-15-18(24-10-13)26-27-19(15)28-7-3-4-17(28)14-8-12(22)5-6-16(14)23/h5-6,8-10,17,29H,3-4,7,11H2,1-2H3,(H,25,30)(H,24,26,27). The zero-order chi connectivity index (χ0) is 21.5. The lowest BCUT2D eigenvalue weighted by atomic mass is 9.94. The Hall–Kier alpha value is -3.07. The second kappa shape index (κ2) is 7.64. The number of amides is 1. The van der Waals surface area contributed by atoms with Crippen LogP contribution >= 0.6 is 0 Å². The van der Waals surface area contributed by atoms with E-state index in [9.17, 15) is 18.7 Å². The predicted molar refractivity (Wildman–Crippen MR) is 109 cm³/mol. The Morgan fingerprint density at radius 1 is 1.37 bits per heavy atom. The van der Waals surface area contributed by atoms with Crippen molar-refractivity contribution in [1.82, 2.24) is 15.2 Å². The number of hydrogen-bond donors (Lipinski definition) is 3. The molecule has 1 aliphatic rings. The SMILES string of the molecule is CC(C)(CO)C(=O)Nc1cnc2[nH]nc(N3CCCC3c3cc(F)ccc3F)c2c1. The molecular weight excluding hydrogens is 392 g/mol. The summed E-state index contributed by atoms with van der Waals surface area (Å²) >= 11 is 0. The number of aromatic amines is 1. The van der Waals surface area contributed by atoms with Gasteiger partial charge in [-0.25, -0.2) is 13.8 Å². The van der Waals surface area contributed by atoms with Gasteiger partial charge in [0.15, 0.2) is 11.5 Å². The predicted octanol–water partition coefficient (Wildman–Crippen LogP) is 3.53. The fraction of sp³-hybridized carbons (Fsp3) is 0.381. The highest BCUT2D eigenvalue weighted by molar-refractivity contribution is 5.98. The molecule has 1 unspecified atom stereocenters. The lowest BCUT2D eigenvalue weighted by Gasteiger charge is -2.25. The first-order valence-electron chi connectivity index (χ1n) is 9.78. The number of pyridine rings is 1. The zero-order valence-electron chi connectivity index (χ0n) is 16.7. The molecule has 3 heterocycles. The van der Waals surface area contributed by atoms with E-state index in [2.05, 4.69) is 20.5 Å². The van der Waals surface area contributed by atoms with Gasteiger partial charge in [0, 0.05) is 12.1 Å². The molecule has 9 heteroatoms. The van der Waals surface area contributed by atoms with Crippen molar-refractivity contribution in [2.45, 2.75) is 32.7 Å². The van der Waals surface area contributed by atoms with Gasteiger partial charge >= 0.3 is 0 Å². The van der Waals surface area contributed by atoms with E-state index in [4.69, 9.17) is 0 Å². The average molecular weight is 415 g/mol. The number of aliphatic hydroxyl groups excluding tert-OH is 1. The van der Waals surface area contributed by atoms with Gasteiger partial charge in [0.05, 0.1) is 35.3 Å². The van der Waals surface area contributed by atoms with Gasteiger partial charge in [-0.15, -0.1) is 0 Å². The number of aromatic nitrogens is 3. The number of benzene rings is 1. The number of fused-ring (bicyclic) bond motifs is 1. The fourth-order valence-corrected chi connectivity index (χ4v) is 3.66. The number of aliphatic hydroxyl groups is 1. The van der Waals surface area contributed by atoms with E-state index in [0.717, 1.165) is 18.6 Å². The monoisotopic (exact) mass is 415 g/mol. The van der Waals surface area contributed by atoms with Crippen LogP contribution in [0.1, 0.15) is 38.3 Å². The maximum atomic E-state index is 14.4. The molecule has 1 fully saturated rings. The molecule has 0 aliphatic carbocycles. The maximum absolute atomic E-state index is 14.4. The van der Waals surface area contributed by atoms with Crippen LogP contribution in [0.15, 0.2) is 30.5 Å². The molecule has 0 radical (unpaired) electrons. The summed E-state index contributed by atoms with van der Waals surface area (Å²) < 4.78 is 28.1. The van der Waals surface area contributed by atoms with Crippen molar-refractivity contribution in [3.05, 3.63) is 47.7 Å². The molecule has 0 saturated carbocycles. The molecule has 2 aromatic heterocycles. The Kier molecular flexibility index (Phi) is 5.15. The third-order valence-corrected chi connectivity index (χ3v) is 5.51. The maximum Gasteiger partial charge on any atom is 0.232 e. The first-order chi connectivity index (χ1) is 14.3. The Morgan fingerprint density at radius 3 is 2.93 bits per heavy atom. The van der Waals surface area contributed by atoms with Crippen molar-refractivity contribution in [1.29, 1.82) is 0 Å². The molecule has 3 N–H and O–H groups in total. The number of nitrogens with one attached hydrogen (secondary N) is 2. The first kappa shape index (κ1) is 20.2. The van der Waals surface area contributed by atoms with Crippen LogP contribution < -0.4 is 10.2 Å². The summed E-state index contributed by atoms with van der Waals surface area (Å²) in [6, 6.07) is 4.87. The number of halogens is 2. The highest BCUT2D eigenvalue weighted by Gasteiger charge is 2.32. The summed E-state index contributed by atoms with van der Waals surface area (Å²) in [5.41, 5.74) is 0.341. The zero-order valence-corrected chi connectivity index (χ0v) is 16.7. The van der Waals surface area contributed by atoms with Crippen LogP contribution in [0.2, 0.25) is 0 Å². The van der Waals surface area contributed by atoms with E-state index in [-0.39, 0.29) is 18.6 Å². The second-order valence-electron chi connectivity index (χ2n) is 8.18. The van der Waals surface area contributed by atoms with Crippen molar-refractivity contribution in [2.24, 2.45) is 5.41 Å². The van der Waals surface area contributed by atoms with Gasteiger partial charge < -0.3 is 15.3 Å². The quantitative estimate of drug-likeness (QED) is 0.593. The molecule has 1 amide bonds. The Bertz CT molecular complexity index is 1100. The van der Waals surface area contributed by atoms with Crippen molar-refractivity contribution in [3.8, 4) is 0 Å². The van der Waals surface area contributed by atoms with Crippen LogP contribution in [0.5, 0.6) is 0 Å². The summed E-state index contributed by atoms with van der Waals surface area (Å²) in [6.07, 6.45) is 2.98. The minimum Gasteiger partial charge on any atom is -0.395 e. The first-order valence-corrected chi connectivity index (χ1v) is 9.78. The number of hydrogen-bond acceptors (Lipinski definition) is 5. The Labute approximate surface area is 172 Å². The van der Waals surface area contributed by atoms with Crippen molar-refractivity contribution >= 4 is 28.4 Å². The highest BCUT2D eigenvalue weighted by atomic mass is 19.1. The summed E-state index contributed by atoms with van der Waals surface area (Å²) in [5, 5.41) is 20.0. The summed E-state index contributed by atoms with van der Waals surface area (Å²) in [4.78, 5) is 18.6. The van der Waals surface area contributed by atoms with Gasteiger partial charge in [-0.05, 0) is 51.0 Å². The van der Waals surface area contributed by atoms with Crippen LogP contribution in [0, 0.1) is 17.0 Å². The summed E-state index contributed by atoms with van der Waals surface area (Å²) in [6.45, 7) is 3.62. The summed E-state index contributed by atoms with van der Waals surface area (Å²) in [7, 11) is 0. The normalized spacial score (nSPS) is 17.0. The minimum absolute atomic E-state index is 0.292. The number of anilines is 2. The van der Waals surface area contributed by atoms with E-state index in [0.29, 0.717) is 41.1 Å². The van der Waals surface area contributed by atoms with Crippen molar-refractivity contribution < 1.29 is 18.7 Å². The molecule has 7 nitrogen and oxygen atoms in total. The highest BCUT2D eigenvalue weighted by Crippen LogP contribution is 2.39. The fourth-order valence-electron chi connectivity index (χ4n) is 3.66. The molecular formula is C21H23F2N5O2. The van der Waals surface area contributed by atoms with Crippen molar-refractivity contribution in [2.75, 3.05) is 23.4 Å². The minimum atomic E-state index is -0.941. The molecule has 1 saturated heterocycles. The average Bonchev–Trinajstić information content (AvgIpc) is 3.36. The molecule has 30 heavy (non-hydrogen) atoms. The topological polar surface area (TPSA) is 94.1 Å². The Balaban J connectivity index is 1.68. The number of nitrogens with zero attached hydrogens (tertiary/aromatic N) is 3. The molecule has 0 bridgehead atoms. The molecule has 3 aromatic rings. The number of rotatable bonds is 5. The van der Waals surface area contributed by atoms with Gasteiger partial charge in [0.2, 0.25) is 5.91 Å². The molecule has 1 aromatic carbocycles. The number of carbonyl (C=O) groups is 1. The molecule has 1 aliphatic heterocycles. The van der Waals surface area contributed by atoms with Gasteiger partial charge in [-0.1, -0.05) is 0 Å². The van der Waals surface area contributed by atoms with Crippen molar-refractivity contribution in [3.63, 3.8) is 0 Å². The molecule has 1 atom stereocenters. The third-order valence-electron chi connectivity index (χ3n) is 5.51. The van der Waals surface area contributed by atoms with E-state index in [1.54, 1.807) is 19.9 Å². The van der Waals surface area contributed by atoms with Gasteiger partial charge in [0.25, 0.3) is 0 Å². The van der Waals surface area contributed by atoms with Crippen LogP contribution in [0.4, 0.5) is 20.3 Å². The number of H-pyrrole nitrogens is 1. The van der Waals surface area contributed by atoms with Gasteiger partial charge in [0.1, 0.15) is 11.6 Å². The van der Waals surface area contributed by atoms with Gasteiger partial charge in [-0.3, -0.25) is 9.89 Å². The van der Waals surface area contributed by atoms with E-state index >= 15 is 0 Å². The van der Waals surface area contributed by atoms with E-state index in [1.807, 2.05) is 4.90 Å². The van der Waals surface area contributed by atoms with E-state index in [1.165, 1.54) is 12.3 Å². The van der Waals surface area contributed by atoms with Crippen LogP contribution in [-0.2, 0) is 4.79 Å². The lowest BCUT2D eigenvalue weighted by Crippen LogP contribution is -2.33. The van der Waals surface area contributed by atoms with E-state index < -0.39 is 17.0 Å².